The van der Waals surface area contributed by atoms with Crippen molar-refractivity contribution in [1.29, 1.82) is 0 Å². The van der Waals surface area contributed by atoms with E-state index in [1.165, 1.54) is 18.5 Å². The number of nitrogens with zero attached hydrogens (tertiary/aromatic N) is 1. The summed E-state index contributed by atoms with van der Waals surface area (Å²) in [5.74, 6) is -3.51. The lowest BCUT2D eigenvalue weighted by Crippen LogP contribution is -2.15. The summed E-state index contributed by atoms with van der Waals surface area (Å²) in [4.78, 5) is 31.7. The third kappa shape index (κ3) is 3.98. The molecule has 0 saturated carbocycles. The second-order valence-corrected chi connectivity index (χ2v) is 8.37. The first-order chi connectivity index (χ1) is 15.9. The summed E-state index contributed by atoms with van der Waals surface area (Å²) in [6, 6.07) is 16.0. The van der Waals surface area contributed by atoms with Crippen molar-refractivity contribution in [2.75, 3.05) is 5.32 Å². The number of fused-ring (bicyclic) bond motifs is 2. The Morgan fingerprint density at radius 2 is 1.85 bits per heavy atom. The molecule has 2 heterocycles. The van der Waals surface area contributed by atoms with Crippen LogP contribution in [0.15, 0.2) is 75.9 Å². The van der Waals surface area contributed by atoms with E-state index in [1.54, 1.807) is 24.3 Å². The van der Waals surface area contributed by atoms with E-state index in [-0.39, 0.29) is 16.9 Å². The molecule has 0 fully saturated rings. The molecule has 0 saturated heterocycles. The number of hydrogen-bond donors (Lipinski definition) is 3. The van der Waals surface area contributed by atoms with E-state index in [4.69, 9.17) is 4.42 Å². The zero-order chi connectivity index (χ0) is 23.1. The highest BCUT2D eigenvalue weighted by Gasteiger charge is 2.24. The van der Waals surface area contributed by atoms with Gasteiger partial charge in [-0.2, -0.15) is 0 Å². The van der Waals surface area contributed by atoms with Crippen LogP contribution < -0.4 is 5.32 Å². The van der Waals surface area contributed by atoms with E-state index < -0.39 is 23.6 Å². The molecule has 2 aromatic heterocycles. The van der Waals surface area contributed by atoms with Crippen molar-refractivity contribution in [2.45, 2.75) is 5.92 Å². The molecule has 7 nitrogen and oxygen atoms in total. The van der Waals surface area contributed by atoms with Gasteiger partial charge < -0.3 is 19.8 Å². The van der Waals surface area contributed by atoms with E-state index in [0.29, 0.717) is 16.7 Å². The molecule has 1 unspecified atom stereocenters. The molecule has 0 bridgehead atoms. The molecule has 0 radical (unpaired) electrons. The number of hydrogen-bond acceptors (Lipinski definition) is 4. The lowest BCUT2D eigenvalue weighted by Gasteiger charge is -2.15. The van der Waals surface area contributed by atoms with E-state index in [2.05, 4.69) is 31.2 Å². The van der Waals surface area contributed by atoms with Crippen molar-refractivity contribution in [1.82, 2.24) is 9.97 Å². The largest absolute Gasteiger partial charge is 0.481 e. The fourth-order valence-corrected chi connectivity index (χ4v) is 4.14. The Morgan fingerprint density at radius 1 is 1.06 bits per heavy atom. The van der Waals surface area contributed by atoms with E-state index in [9.17, 15) is 19.1 Å². The summed E-state index contributed by atoms with van der Waals surface area (Å²) in [6.07, 6.45) is 1.27. The van der Waals surface area contributed by atoms with Crippen LogP contribution in [0.4, 0.5) is 10.1 Å². The van der Waals surface area contributed by atoms with Crippen LogP contribution in [-0.4, -0.2) is 27.0 Å². The number of nitrogens with one attached hydrogen (secondary N) is 2. The topological polar surface area (TPSA) is 108 Å². The number of carbonyl (C=O) groups is 2. The third-order valence-corrected chi connectivity index (χ3v) is 5.83. The maximum atomic E-state index is 14.9. The Labute approximate surface area is 194 Å². The Kier molecular flexibility index (Phi) is 5.18. The molecule has 9 heteroatoms. The van der Waals surface area contributed by atoms with Crippen molar-refractivity contribution in [3.8, 4) is 0 Å². The van der Waals surface area contributed by atoms with Gasteiger partial charge in [0.05, 0.1) is 5.69 Å². The first-order valence-corrected chi connectivity index (χ1v) is 10.6. The molecule has 1 atom stereocenters. The lowest BCUT2D eigenvalue weighted by atomic mass is 9.91. The Balaban J connectivity index is 1.42. The van der Waals surface area contributed by atoms with Crippen molar-refractivity contribution >= 4 is 55.5 Å². The number of aliphatic carboxylic acids is 1. The quantitative estimate of drug-likeness (QED) is 0.283. The van der Waals surface area contributed by atoms with Gasteiger partial charge in [0.25, 0.3) is 5.91 Å². The number of amides is 1. The normalized spacial score (nSPS) is 12.2. The number of carboxylic acid groups (broad SMARTS) is 1. The van der Waals surface area contributed by atoms with Gasteiger partial charge in [-0.15, -0.1) is 0 Å². The van der Waals surface area contributed by atoms with Gasteiger partial charge in [0, 0.05) is 15.4 Å². The Bertz CT molecular complexity index is 1540. The first-order valence-electron chi connectivity index (χ1n) is 9.84. The number of oxazole rings is 1. The van der Waals surface area contributed by atoms with Crippen LogP contribution in [0.3, 0.4) is 0 Å². The molecule has 3 aromatic carbocycles. The highest BCUT2D eigenvalue weighted by atomic mass is 79.9. The van der Waals surface area contributed by atoms with Crippen molar-refractivity contribution < 1.29 is 23.5 Å². The monoisotopic (exact) mass is 507 g/mol. The molecular formula is C24H15BrFN3O4. The molecule has 0 aliphatic heterocycles. The fraction of sp³-hybridized carbons (Fsp3) is 0.0417. The lowest BCUT2D eigenvalue weighted by molar-refractivity contribution is -0.137. The van der Waals surface area contributed by atoms with Gasteiger partial charge in [-0.05, 0) is 59.7 Å². The second-order valence-electron chi connectivity index (χ2n) is 7.46. The summed E-state index contributed by atoms with van der Waals surface area (Å²) < 4.78 is 20.9. The van der Waals surface area contributed by atoms with Gasteiger partial charge in [-0.1, -0.05) is 28.1 Å². The number of benzene rings is 3. The zero-order valence-electron chi connectivity index (χ0n) is 16.8. The summed E-state index contributed by atoms with van der Waals surface area (Å²) >= 11 is 3.38. The van der Waals surface area contributed by atoms with Gasteiger partial charge in [0.2, 0.25) is 0 Å². The van der Waals surface area contributed by atoms with Crippen LogP contribution >= 0.6 is 15.9 Å². The molecule has 0 spiro atoms. The van der Waals surface area contributed by atoms with Crippen molar-refractivity contribution in [2.24, 2.45) is 0 Å². The number of aromatic nitrogens is 2. The number of aromatic amines is 1. The average molecular weight is 508 g/mol. The molecule has 0 aliphatic carbocycles. The van der Waals surface area contributed by atoms with Crippen LogP contribution in [0.5, 0.6) is 0 Å². The van der Waals surface area contributed by atoms with E-state index in [0.717, 1.165) is 21.4 Å². The number of carboxylic acids is 1. The van der Waals surface area contributed by atoms with E-state index in [1.807, 2.05) is 18.2 Å². The summed E-state index contributed by atoms with van der Waals surface area (Å²) in [7, 11) is 0. The molecular weight excluding hydrogens is 493 g/mol. The summed E-state index contributed by atoms with van der Waals surface area (Å²) in [5, 5.41) is 13.2. The zero-order valence-corrected chi connectivity index (χ0v) is 18.4. The average Bonchev–Trinajstić information content (AvgIpc) is 3.41. The minimum atomic E-state index is -1.14. The summed E-state index contributed by atoms with van der Waals surface area (Å²) in [5.41, 5.74) is 2.69. The van der Waals surface area contributed by atoms with E-state index >= 15 is 0 Å². The van der Waals surface area contributed by atoms with Crippen LogP contribution in [0, 0.1) is 5.82 Å². The van der Waals surface area contributed by atoms with Crippen molar-refractivity contribution in [3.05, 3.63) is 94.2 Å². The van der Waals surface area contributed by atoms with Crippen LogP contribution in [0.2, 0.25) is 0 Å². The summed E-state index contributed by atoms with van der Waals surface area (Å²) in [6.45, 7) is 0. The first kappa shape index (κ1) is 20.9. The van der Waals surface area contributed by atoms with Gasteiger partial charge in [0.15, 0.2) is 12.0 Å². The van der Waals surface area contributed by atoms with Gasteiger partial charge in [-0.25, -0.2) is 9.37 Å². The van der Waals surface area contributed by atoms with Gasteiger partial charge >= 0.3 is 5.97 Å². The third-order valence-electron chi connectivity index (χ3n) is 5.34. The Morgan fingerprint density at radius 3 is 2.64 bits per heavy atom. The number of anilines is 1. The Hall–Kier alpha value is -3.98. The van der Waals surface area contributed by atoms with Crippen LogP contribution in [-0.2, 0) is 4.79 Å². The maximum Gasteiger partial charge on any atom is 0.315 e. The molecule has 1 amide bonds. The van der Waals surface area contributed by atoms with Gasteiger partial charge in [-0.3, -0.25) is 9.59 Å². The van der Waals surface area contributed by atoms with Crippen molar-refractivity contribution in [3.63, 3.8) is 0 Å². The predicted octanol–water partition coefficient (Wildman–Crippen LogP) is 5.68. The smallest absolute Gasteiger partial charge is 0.315 e. The van der Waals surface area contributed by atoms with Crippen LogP contribution in [0.1, 0.15) is 27.5 Å². The second kappa shape index (κ2) is 8.18. The molecule has 33 heavy (non-hydrogen) atoms. The SMILES string of the molecule is O=C(Nc1ccc(C(C(=O)O)c2ccc3ocnc3c2)cc1F)c1cc2cc(Br)ccc2[nH]1. The maximum absolute atomic E-state index is 14.9. The minimum Gasteiger partial charge on any atom is -0.481 e. The molecule has 0 aliphatic rings. The molecule has 5 aromatic rings. The minimum absolute atomic E-state index is 0.0559. The van der Waals surface area contributed by atoms with Crippen LogP contribution in [0.25, 0.3) is 22.0 Å². The number of H-pyrrole nitrogens is 1. The number of halogens is 2. The van der Waals surface area contributed by atoms with Gasteiger partial charge in [0.1, 0.15) is 22.9 Å². The predicted molar refractivity (Wildman–Crippen MR) is 124 cm³/mol. The highest BCUT2D eigenvalue weighted by Crippen LogP contribution is 2.30. The standard InChI is InChI=1S/C24H15BrFN3O4/c25-15-3-5-17-14(7-15)10-20(28-17)23(30)29-18-4-1-12(8-16(18)26)22(24(31)32)13-2-6-21-19(9-13)27-11-33-21/h1-11,22,28H,(H,29,30)(H,31,32). The molecule has 5 rings (SSSR count). The molecule has 3 N–H and O–H groups in total. The number of rotatable bonds is 5. The highest BCUT2D eigenvalue weighted by molar-refractivity contribution is 9.10. The molecule has 164 valence electrons. The number of carbonyl (C=O) groups excluding carboxylic acids is 1. The fourth-order valence-electron chi connectivity index (χ4n) is 3.76.